The lowest BCUT2D eigenvalue weighted by Crippen LogP contribution is -2.32. The van der Waals surface area contributed by atoms with Crippen molar-refractivity contribution in [2.75, 3.05) is 7.05 Å². The van der Waals surface area contributed by atoms with Gasteiger partial charge in [0.1, 0.15) is 5.83 Å². The van der Waals surface area contributed by atoms with Crippen molar-refractivity contribution in [3.63, 3.8) is 0 Å². The third-order valence-electron chi connectivity index (χ3n) is 5.93. The number of pyridine rings is 1. The molecule has 0 spiro atoms. The number of aliphatic hydroxyl groups excluding tert-OH is 1. The number of carboxylic acid groups (broad SMARTS) is 1. The summed E-state index contributed by atoms with van der Waals surface area (Å²) in [7, 11) is 1.79. The molecule has 0 radical (unpaired) electrons. The van der Waals surface area contributed by atoms with Crippen LogP contribution in [-0.2, 0) is 11.3 Å². The van der Waals surface area contributed by atoms with Crippen LogP contribution in [0.2, 0.25) is 0 Å². The quantitative estimate of drug-likeness (QED) is 0.665. The van der Waals surface area contributed by atoms with Crippen LogP contribution in [0.5, 0.6) is 0 Å². The second-order valence-corrected chi connectivity index (χ2v) is 7.83. The molecule has 2 atom stereocenters. The highest BCUT2D eigenvalue weighted by molar-refractivity contribution is 5.74. The number of aliphatic carboxylic acids is 1. The van der Waals surface area contributed by atoms with E-state index in [0.717, 1.165) is 47.6 Å². The Hall–Kier alpha value is -2.77. The number of aromatic nitrogens is 1. The SMILES string of the molecule is C=C(Cn1c(C)cc(C(O)C(=O)O)cc1=O)C1=C2C(=C(C)C(F)=CC2NC)CCC1. The molecule has 0 aromatic carbocycles. The van der Waals surface area contributed by atoms with Gasteiger partial charge in [0.25, 0.3) is 5.56 Å². The molecular formula is C23H27FN2O4. The molecule has 0 saturated carbocycles. The Morgan fingerprint density at radius 2 is 2.07 bits per heavy atom. The van der Waals surface area contributed by atoms with Crippen molar-refractivity contribution >= 4 is 5.97 Å². The van der Waals surface area contributed by atoms with E-state index in [1.165, 1.54) is 10.6 Å². The van der Waals surface area contributed by atoms with Gasteiger partial charge in [0, 0.05) is 11.8 Å². The second kappa shape index (κ2) is 8.53. The molecule has 3 N–H and O–H groups in total. The number of likely N-dealkylation sites (N-methyl/N-ethyl adjacent to an activating group) is 1. The van der Waals surface area contributed by atoms with Crippen LogP contribution in [0.15, 0.2) is 63.3 Å². The molecule has 30 heavy (non-hydrogen) atoms. The van der Waals surface area contributed by atoms with E-state index in [-0.39, 0.29) is 24.0 Å². The van der Waals surface area contributed by atoms with E-state index >= 15 is 0 Å². The highest BCUT2D eigenvalue weighted by atomic mass is 19.1. The molecule has 3 rings (SSSR count). The first kappa shape index (κ1) is 21.9. The monoisotopic (exact) mass is 414 g/mol. The number of nitrogens with one attached hydrogen (secondary N) is 1. The molecule has 1 aromatic heterocycles. The minimum atomic E-state index is -1.74. The van der Waals surface area contributed by atoms with Crippen LogP contribution in [0.4, 0.5) is 4.39 Å². The highest BCUT2D eigenvalue weighted by Crippen LogP contribution is 2.41. The summed E-state index contributed by atoms with van der Waals surface area (Å²) in [6, 6.07) is 2.39. The van der Waals surface area contributed by atoms with Gasteiger partial charge in [0.05, 0.1) is 12.6 Å². The van der Waals surface area contributed by atoms with Crippen molar-refractivity contribution in [1.82, 2.24) is 9.88 Å². The summed E-state index contributed by atoms with van der Waals surface area (Å²) in [5.74, 6) is -1.62. The fourth-order valence-electron chi connectivity index (χ4n) is 4.30. The smallest absolute Gasteiger partial charge is 0.337 e. The molecule has 0 aliphatic heterocycles. The molecule has 2 unspecified atom stereocenters. The Bertz CT molecular complexity index is 1060. The van der Waals surface area contributed by atoms with E-state index in [0.29, 0.717) is 11.3 Å². The maximum Gasteiger partial charge on any atom is 0.337 e. The molecule has 2 aliphatic rings. The first-order valence-electron chi connectivity index (χ1n) is 9.94. The molecule has 1 heterocycles. The average Bonchev–Trinajstić information content (AvgIpc) is 2.71. The fraction of sp³-hybridized carbons (Fsp3) is 0.391. The van der Waals surface area contributed by atoms with Crippen molar-refractivity contribution in [3.05, 3.63) is 80.1 Å². The zero-order valence-electron chi connectivity index (χ0n) is 17.5. The van der Waals surface area contributed by atoms with Crippen molar-refractivity contribution < 1.29 is 19.4 Å². The first-order chi connectivity index (χ1) is 14.1. The Kier molecular flexibility index (Phi) is 6.24. The number of hydrogen-bond donors (Lipinski definition) is 3. The highest BCUT2D eigenvalue weighted by Gasteiger charge is 2.30. The number of fused-ring (bicyclic) bond motifs is 1. The Morgan fingerprint density at radius 1 is 1.37 bits per heavy atom. The number of carbonyl (C=O) groups is 1. The summed E-state index contributed by atoms with van der Waals surface area (Å²) in [6.45, 7) is 7.94. The summed E-state index contributed by atoms with van der Waals surface area (Å²) in [5, 5.41) is 21.9. The number of allylic oxidation sites excluding steroid dienone is 4. The van der Waals surface area contributed by atoms with E-state index < -0.39 is 17.6 Å². The number of nitrogens with zero attached hydrogens (tertiary/aromatic N) is 1. The first-order valence-corrected chi connectivity index (χ1v) is 9.94. The van der Waals surface area contributed by atoms with Gasteiger partial charge in [0.2, 0.25) is 0 Å². The number of carboxylic acids is 1. The zero-order valence-corrected chi connectivity index (χ0v) is 17.5. The molecule has 6 nitrogen and oxygen atoms in total. The summed E-state index contributed by atoms with van der Waals surface area (Å²) in [4.78, 5) is 23.6. The lowest BCUT2D eigenvalue weighted by Gasteiger charge is -2.33. The molecule has 0 fully saturated rings. The van der Waals surface area contributed by atoms with Crippen molar-refractivity contribution in [3.8, 4) is 0 Å². The van der Waals surface area contributed by atoms with E-state index in [1.807, 2.05) is 0 Å². The molecule has 0 amide bonds. The lowest BCUT2D eigenvalue weighted by atomic mass is 9.76. The van der Waals surface area contributed by atoms with Crippen molar-refractivity contribution in [2.24, 2.45) is 0 Å². The van der Waals surface area contributed by atoms with Gasteiger partial charge in [-0.15, -0.1) is 0 Å². The van der Waals surface area contributed by atoms with Gasteiger partial charge < -0.3 is 20.1 Å². The molecule has 0 bridgehead atoms. The van der Waals surface area contributed by atoms with Crippen LogP contribution in [0.1, 0.15) is 43.5 Å². The minimum Gasteiger partial charge on any atom is -0.479 e. The molecule has 0 saturated heterocycles. The predicted molar refractivity (Wildman–Crippen MR) is 113 cm³/mol. The van der Waals surface area contributed by atoms with E-state index in [2.05, 4.69) is 11.9 Å². The van der Waals surface area contributed by atoms with Gasteiger partial charge in [-0.3, -0.25) is 4.79 Å². The molecular weight excluding hydrogens is 387 g/mol. The summed E-state index contributed by atoms with van der Waals surface area (Å²) >= 11 is 0. The zero-order chi connectivity index (χ0) is 22.2. The number of halogens is 1. The van der Waals surface area contributed by atoms with Crippen LogP contribution in [0, 0.1) is 6.92 Å². The topological polar surface area (TPSA) is 91.6 Å². The number of aliphatic hydroxyl groups is 1. The van der Waals surface area contributed by atoms with Crippen LogP contribution in [-0.4, -0.2) is 33.8 Å². The van der Waals surface area contributed by atoms with E-state index in [4.69, 9.17) is 5.11 Å². The fourth-order valence-corrected chi connectivity index (χ4v) is 4.30. The Morgan fingerprint density at radius 3 is 2.67 bits per heavy atom. The molecule has 160 valence electrons. The third-order valence-corrected chi connectivity index (χ3v) is 5.93. The maximum atomic E-state index is 14.3. The van der Waals surface area contributed by atoms with E-state index in [9.17, 15) is 19.1 Å². The van der Waals surface area contributed by atoms with Gasteiger partial charge in [-0.1, -0.05) is 6.58 Å². The third kappa shape index (κ3) is 3.95. The second-order valence-electron chi connectivity index (χ2n) is 7.83. The van der Waals surface area contributed by atoms with E-state index in [1.54, 1.807) is 27.0 Å². The molecule has 1 aromatic rings. The van der Waals surface area contributed by atoms with Crippen molar-refractivity contribution in [2.45, 2.75) is 51.8 Å². The minimum absolute atomic E-state index is 0.0514. The standard InChI is InChI=1S/C23H27FN2O4/c1-12(11-26-13(2)8-15(9-20(26)27)22(28)23(29)30)16-6-5-7-17-14(3)18(24)10-19(25-4)21(16)17/h8-10,19,22,25,28H,1,5-7,11H2,2-4H3,(H,29,30). The largest absolute Gasteiger partial charge is 0.479 e. The number of hydrogen-bond acceptors (Lipinski definition) is 4. The number of rotatable bonds is 6. The van der Waals surface area contributed by atoms with Gasteiger partial charge in [-0.05, 0) is 85.7 Å². The van der Waals surface area contributed by atoms with Crippen LogP contribution >= 0.6 is 0 Å². The predicted octanol–water partition coefficient (Wildman–Crippen LogP) is 3.08. The summed E-state index contributed by atoms with van der Waals surface area (Å²) in [6.07, 6.45) is 2.31. The molecule has 7 heteroatoms. The maximum absolute atomic E-state index is 14.3. The van der Waals surface area contributed by atoms with Gasteiger partial charge in [0.15, 0.2) is 6.10 Å². The van der Waals surface area contributed by atoms with Gasteiger partial charge >= 0.3 is 5.97 Å². The summed E-state index contributed by atoms with van der Waals surface area (Å²) in [5.41, 5.74) is 4.67. The van der Waals surface area contributed by atoms with Crippen LogP contribution < -0.4 is 10.9 Å². The lowest BCUT2D eigenvalue weighted by molar-refractivity contribution is -0.146. The Labute approximate surface area is 174 Å². The van der Waals surface area contributed by atoms with Gasteiger partial charge in [-0.25, -0.2) is 9.18 Å². The van der Waals surface area contributed by atoms with Crippen molar-refractivity contribution in [1.29, 1.82) is 0 Å². The average molecular weight is 414 g/mol. The number of aryl methyl sites for hydroxylation is 1. The Balaban J connectivity index is 1.99. The van der Waals surface area contributed by atoms with Crippen LogP contribution in [0.25, 0.3) is 0 Å². The van der Waals surface area contributed by atoms with Crippen LogP contribution in [0.3, 0.4) is 0 Å². The normalized spacial score (nSPS) is 20.0. The van der Waals surface area contributed by atoms with Gasteiger partial charge in [-0.2, -0.15) is 0 Å². The summed E-state index contributed by atoms with van der Waals surface area (Å²) < 4.78 is 15.8. The molecule has 2 aliphatic carbocycles.